The standard InChI is InChI=1S/C22H19FN4O2/c1-29-15-8-6-13(7-9-15)14-10-18-20(19(28)11-14)21(16-4-2-3-5-17(16)23)27-22(26-18)24-12-25-27/h2-9,12,14,21H,10-11H2,1H3,(H,24,25,26). The summed E-state index contributed by atoms with van der Waals surface area (Å²) in [6.45, 7) is 0. The topological polar surface area (TPSA) is 69.0 Å². The van der Waals surface area contributed by atoms with E-state index in [0.29, 0.717) is 29.9 Å². The molecule has 2 atom stereocenters. The molecule has 29 heavy (non-hydrogen) atoms. The molecule has 2 aromatic carbocycles. The summed E-state index contributed by atoms with van der Waals surface area (Å²) in [5.74, 6) is 0.960. The molecule has 2 aliphatic rings. The van der Waals surface area contributed by atoms with Crippen LogP contribution in [0.3, 0.4) is 0 Å². The lowest BCUT2D eigenvalue weighted by Crippen LogP contribution is -2.34. The third-order valence-corrected chi connectivity index (χ3v) is 5.65. The van der Waals surface area contributed by atoms with Crippen LogP contribution >= 0.6 is 0 Å². The fraction of sp³-hybridized carbons (Fsp3) is 0.227. The lowest BCUT2D eigenvalue weighted by Gasteiger charge is -2.35. The van der Waals surface area contributed by atoms with Crippen molar-refractivity contribution in [1.82, 2.24) is 14.8 Å². The minimum absolute atomic E-state index is 0.00558. The maximum absolute atomic E-state index is 14.6. The number of halogens is 1. The van der Waals surface area contributed by atoms with Crippen molar-refractivity contribution in [3.63, 3.8) is 0 Å². The molecule has 3 aromatic rings. The average Bonchev–Trinajstić information content (AvgIpc) is 3.21. The number of carbonyl (C=O) groups excluding carboxylic acids is 1. The third-order valence-electron chi connectivity index (χ3n) is 5.65. The van der Waals surface area contributed by atoms with Crippen LogP contribution in [-0.2, 0) is 4.79 Å². The number of hydrogen-bond acceptors (Lipinski definition) is 5. The van der Waals surface area contributed by atoms with Crippen LogP contribution in [0, 0.1) is 5.82 Å². The first-order valence-electron chi connectivity index (χ1n) is 9.47. The zero-order chi connectivity index (χ0) is 20.0. The van der Waals surface area contributed by atoms with Crippen molar-refractivity contribution in [3.8, 4) is 5.75 Å². The third kappa shape index (κ3) is 2.90. The molecule has 0 radical (unpaired) electrons. The number of carbonyl (C=O) groups is 1. The molecule has 6 nitrogen and oxygen atoms in total. The molecule has 1 N–H and O–H groups in total. The van der Waals surface area contributed by atoms with Gasteiger partial charge in [0.05, 0.1) is 7.11 Å². The minimum atomic E-state index is -0.616. The molecular formula is C22H19FN4O2. The Labute approximate surface area is 167 Å². The van der Waals surface area contributed by atoms with Gasteiger partial charge in [-0.3, -0.25) is 4.79 Å². The highest BCUT2D eigenvalue weighted by molar-refractivity contribution is 6.00. The van der Waals surface area contributed by atoms with Crippen LogP contribution < -0.4 is 10.1 Å². The van der Waals surface area contributed by atoms with Crippen molar-refractivity contribution in [3.05, 3.63) is 83.1 Å². The summed E-state index contributed by atoms with van der Waals surface area (Å²) >= 11 is 0. The normalized spacial score (nSPS) is 20.7. The molecule has 0 amide bonds. The molecule has 0 saturated heterocycles. The number of hydrogen-bond donors (Lipinski definition) is 1. The van der Waals surface area contributed by atoms with Crippen LogP contribution in [0.1, 0.15) is 35.9 Å². The summed E-state index contributed by atoms with van der Waals surface area (Å²) in [5.41, 5.74) is 2.85. The number of aromatic nitrogens is 3. The second kappa shape index (κ2) is 6.84. The number of allylic oxidation sites excluding steroid dienone is 2. The van der Waals surface area contributed by atoms with E-state index >= 15 is 0 Å². The Morgan fingerprint density at radius 1 is 1.14 bits per heavy atom. The van der Waals surface area contributed by atoms with E-state index in [-0.39, 0.29) is 17.5 Å². The first kappa shape index (κ1) is 17.6. The number of anilines is 1. The first-order chi connectivity index (χ1) is 14.2. The van der Waals surface area contributed by atoms with Gasteiger partial charge in [-0.15, -0.1) is 0 Å². The number of ether oxygens (including phenoxy) is 1. The van der Waals surface area contributed by atoms with E-state index in [4.69, 9.17) is 4.74 Å². The van der Waals surface area contributed by atoms with Crippen LogP contribution in [0.4, 0.5) is 10.3 Å². The summed E-state index contributed by atoms with van der Waals surface area (Å²) in [4.78, 5) is 17.5. The molecule has 5 rings (SSSR count). The molecule has 1 aliphatic carbocycles. The van der Waals surface area contributed by atoms with Crippen LogP contribution in [-0.4, -0.2) is 27.7 Å². The maximum Gasteiger partial charge on any atom is 0.226 e. The molecule has 1 aromatic heterocycles. The Bertz CT molecular complexity index is 1120. The van der Waals surface area contributed by atoms with Gasteiger partial charge in [-0.25, -0.2) is 9.07 Å². The van der Waals surface area contributed by atoms with Gasteiger partial charge in [0.1, 0.15) is 23.9 Å². The van der Waals surface area contributed by atoms with E-state index in [1.807, 2.05) is 24.3 Å². The number of nitrogens with zero attached hydrogens (tertiary/aromatic N) is 3. The molecule has 1 aliphatic heterocycles. The highest BCUT2D eigenvalue weighted by Crippen LogP contribution is 2.44. The first-order valence-corrected chi connectivity index (χ1v) is 9.47. The van der Waals surface area contributed by atoms with Gasteiger partial charge in [0.15, 0.2) is 5.78 Å². The minimum Gasteiger partial charge on any atom is -0.497 e. The molecule has 0 spiro atoms. The molecule has 7 heteroatoms. The highest BCUT2D eigenvalue weighted by atomic mass is 19.1. The summed E-state index contributed by atoms with van der Waals surface area (Å²) < 4.78 is 21.5. The molecule has 0 bridgehead atoms. The van der Waals surface area contributed by atoms with E-state index in [1.54, 1.807) is 30.0 Å². The Morgan fingerprint density at radius 3 is 2.69 bits per heavy atom. The zero-order valence-electron chi connectivity index (χ0n) is 15.8. The monoisotopic (exact) mass is 390 g/mol. The Hall–Kier alpha value is -3.48. The van der Waals surface area contributed by atoms with Crippen LogP contribution in [0.15, 0.2) is 66.1 Å². The molecular weight excluding hydrogens is 371 g/mol. The maximum atomic E-state index is 14.6. The lowest BCUT2D eigenvalue weighted by molar-refractivity contribution is -0.116. The zero-order valence-corrected chi connectivity index (χ0v) is 15.8. The average molecular weight is 390 g/mol. The van der Waals surface area contributed by atoms with E-state index in [0.717, 1.165) is 17.0 Å². The molecule has 2 unspecified atom stereocenters. The fourth-order valence-corrected chi connectivity index (χ4v) is 4.25. The number of Topliss-reactive ketones (excluding diaryl/α,β-unsaturated/α-hetero) is 1. The predicted octanol–water partition coefficient (Wildman–Crippen LogP) is 3.84. The summed E-state index contributed by atoms with van der Waals surface area (Å²) in [7, 11) is 1.63. The second-order valence-electron chi connectivity index (χ2n) is 7.27. The SMILES string of the molecule is COc1ccc(C2CC(=O)C3=C(C2)Nc2ncnn2C3c2ccccc2F)cc1. The number of ketones is 1. The number of rotatable bonds is 3. The van der Waals surface area contributed by atoms with Gasteiger partial charge in [0, 0.05) is 23.3 Å². The van der Waals surface area contributed by atoms with Crippen molar-refractivity contribution >= 4 is 11.7 Å². The Balaban J connectivity index is 1.57. The van der Waals surface area contributed by atoms with Gasteiger partial charge in [-0.05, 0) is 36.1 Å². The van der Waals surface area contributed by atoms with Crippen molar-refractivity contribution in [1.29, 1.82) is 0 Å². The van der Waals surface area contributed by atoms with Gasteiger partial charge >= 0.3 is 0 Å². The van der Waals surface area contributed by atoms with Crippen LogP contribution in [0.2, 0.25) is 0 Å². The summed E-state index contributed by atoms with van der Waals surface area (Å²) in [5, 5.41) is 7.51. The van der Waals surface area contributed by atoms with Gasteiger partial charge in [-0.1, -0.05) is 30.3 Å². The Morgan fingerprint density at radius 2 is 1.93 bits per heavy atom. The van der Waals surface area contributed by atoms with Crippen molar-refractivity contribution < 1.29 is 13.9 Å². The van der Waals surface area contributed by atoms with Crippen molar-refractivity contribution in [2.75, 3.05) is 12.4 Å². The smallest absolute Gasteiger partial charge is 0.226 e. The number of benzene rings is 2. The van der Waals surface area contributed by atoms with Crippen molar-refractivity contribution in [2.45, 2.75) is 24.8 Å². The number of nitrogens with one attached hydrogen (secondary N) is 1. The highest BCUT2D eigenvalue weighted by Gasteiger charge is 2.40. The van der Waals surface area contributed by atoms with E-state index < -0.39 is 6.04 Å². The predicted molar refractivity (Wildman–Crippen MR) is 105 cm³/mol. The van der Waals surface area contributed by atoms with E-state index in [2.05, 4.69) is 15.4 Å². The number of fused-ring (bicyclic) bond motifs is 1. The van der Waals surface area contributed by atoms with E-state index in [1.165, 1.54) is 12.4 Å². The van der Waals surface area contributed by atoms with E-state index in [9.17, 15) is 9.18 Å². The lowest BCUT2D eigenvalue weighted by atomic mass is 9.78. The quantitative estimate of drug-likeness (QED) is 0.736. The number of methoxy groups -OCH3 is 1. The fourth-order valence-electron chi connectivity index (χ4n) is 4.25. The summed E-state index contributed by atoms with van der Waals surface area (Å²) in [6, 6.07) is 13.7. The van der Waals surface area contributed by atoms with Gasteiger partial charge in [0.25, 0.3) is 0 Å². The van der Waals surface area contributed by atoms with Gasteiger partial charge in [0.2, 0.25) is 5.95 Å². The van der Waals surface area contributed by atoms with Crippen LogP contribution in [0.5, 0.6) is 5.75 Å². The molecule has 2 heterocycles. The van der Waals surface area contributed by atoms with Gasteiger partial charge < -0.3 is 10.1 Å². The molecule has 0 fully saturated rings. The Kier molecular flexibility index (Phi) is 4.16. The summed E-state index contributed by atoms with van der Waals surface area (Å²) in [6.07, 6.45) is 2.42. The second-order valence-corrected chi connectivity index (χ2v) is 7.27. The van der Waals surface area contributed by atoms with Crippen molar-refractivity contribution in [2.24, 2.45) is 0 Å². The van der Waals surface area contributed by atoms with Crippen LogP contribution in [0.25, 0.3) is 0 Å². The molecule has 0 saturated carbocycles. The van der Waals surface area contributed by atoms with Gasteiger partial charge in [-0.2, -0.15) is 10.1 Å². The largest absolute Gasteiger partial charge is 0.497 e. The molecule has 146 valence electrons.